The van der Waals surface area contributed by atoms with Gasteiger partial charge in [0.1, 0.15) is 0 Å². The van der Waals surface area contributed by atoms with Crippen LogP contribution in [-0.2, 0) is 11.2 Å². The quantitative estimate of drug-likeness (QED) is 0.530. The molecule has 1 saturated heterocycles. The molecule has 4 rings (SSSR count). The van der Waals surface area contributed by atoms with E-state index < -0.39 is 9.89 Å². The van der Waals surface area contributed by atoms with Gasteiger partial charge < -0.3 is 4.74 Å². The summed E-state index contributed by atoms with van der Waals surface area (Å²) < 4.78 is 36.0. The molecule has 0 aliphatic carbocycles. The maximum Gasteiger partial charge on any atom is 0.353 e. The van der Waals surface area contributed by atoms with Gasteiger partial charge in [-0.2, -0.15) is 8.78 Å². The van der Waals surface area contributed by atoms with Crippen LogP contribution in [0.2, 0.25) is 0 Å². The zero-order chi connectivity index (χ0) is 18.2. The second-order valence-corrected chi connectivity index (χ2v) is 9.46. The van der Waals surface area contributed by atoms with Crippen LogP contribution >= 0.6 is 39.0 Å². The lowest BCUT2D eigenvalue weighted by Gasteiger charge is -2.31. The third-order valence-corrected chi connectivity index (χ3v) is 7.28. The Kier molecular flexibility index (Phi) is 5.04. The van der Waals surface area contributed by atoms with Gasteiger partial charge in [0.2, 0.25) is 5.06 Å². The number of nitrogens with zero attached hydrogens (tertiary/aromatic N) is 1. The minimum atomic E-state index is -3.26. The number of hydrogen-bond acceptors (Lipinski definition) is 5. The lowest BCUT2D eigenvalue weighted by atomic mass is 10.1. The van der Waals surface area contributed by atoms with Gasteiger partial charge in [-0.25, -0.2) is 4.98 Å². The van der Waals surface area contributed by atoms with Crippen LogP contribution in [0.25, 0.3) is 10.2 Å². The topological polar surface area (TPSA) is 34.2 Å². The number of thioether (sulfide) groups is 1. The van der Waals surface area contributed by atoms with Gasteiger partial charge >= 0.3 is 4.83 Å². The first-order valence-corrected chi connectivity index (χ1v) is 10.4. The number of para-hydroxylation sites is 1. The Morgan fingerprint density at radius 1 is 1.23 bits per heavy atom. The average molecular weight is 457 g/mol. The van der Waals surface area contributed by atoms with Crippen molar-refractivity contribution in [3.8, 4) is 0 Å². The number of aromatic nitrogens is 1. The van der Waals surface area contributed by atoms with E-state index in [1.165, 1.54) is 11.3 Å². The van der Waals surface area contributed by atoms with Gasteiger partial charge in [0.15, 0.2) is 4.34 Å². The fourth-order valence-electron chi connectivity index (χ4n) is 2.88. The van der Waals surface area contributed by atoms with E-state index in [2.05, 4.69) is 26.2 Å². The largest absolute Gasteiger partial charge is 0.353 e. The van der Waals surface area contributed by atoms with Crippen LogP contribution in [-0.4, -0.2) is 27.5 Å². The number of rotatable bonds is 5. The highest BCUT2D eigenvalue weighted by atomic mass is 79.9. The Morgan fingerprint density at radius 2 is 1.96 bits per heavy atom. The highest BCUT2D eigenvalue weighted by Crippen LogP contribution is 2.50. The molecule has 1 fully saturated rings. The second-order valence-electron chi connectivity index (χ2n) is 6.01. The first kappa shape index (κ1) is 18.3. The van der Waals surface area contributed by atoms with Crippen molar-refractivity contribution in [2.45, 2.75) is 26.7 Å². The van der Waals surface area contributed by atoms with E-state index >= 15 is 0 Å². The van der Waals surface area contributed by atoms with Gasteiger partial charge in [0, 0.05) is 6.04 Å². The second kappa shape index (κ2) is 7.16. The van der Waals surface area contributed by atoms with Crippen LogP contribution in [0.1, 0.15) is 5.56 Å². The van der Waals surface area contributed by atoms with Crippen molar-refractivity contribution >= 4 is 49.2 Å². The molecule has 1 unspecified atom stereocenters. The molecule has 8 heteroatoms. The Morgan fingerprint density at radius 3 is 2.69 bits per heavy atom. The van der Waals surface area contributed by atoms with Crippen molar-refractivity contribution in [2.24, 2.45) is 0 Å². The molecular weight excluding hydrogens is 442 g/mol. The minimum absolute atomic E-state index is 0.202. The predicted molar refractivity (Wildman–Crippen MR) is 105 cm³/mol. The van der Waals surface area contributed by atoms with Gasteiger partial charge in [0.25, 0.3) is 0 Å². The number of fused-ring (bicyclic) bond motifs is 1. The molecule has 26 heavy (non-hydrogen) atoms. The van der Waals surface area contributed by atoms with E-state index in [0.29, 0.717) is 10.8 Å². The molecule has 1 aliphatic rings. The zero-order valence-corrected chi connectivity index (χ0v) is 16.7. The zero-order valence-electron chi connectivity index (χ0n) is 13.5. The van der Waals surface area contributed by atoms with Gasteiger partial charge in [-0.1, -0.05) is 42.5 Å². The number of nitrogens with one attached hydrogen (secondary N) is 1. The summed E-state index contributed by atoms with van der Waals surface area (Å²) in [6.07, 6.45) is 0.617. The van der Waals surface area contributed by atoms with Crippen molar-refractivity contribution < 1.29 is 13.5 Å². The number of hydrogen-bond donors (Lipinski definition) is 1. The predicted octanol–water partition coefficient (Wildman–Crippen LogP) is 5.26. The van der Waals surface area contributed by atoms with Crippen LogP contribution in [0.5, 0.6) is 0 Å². The third kappa shape index (κ3) is 3.66. The Labute approximate surface area is 166 Å². The smallest absolute Gasteiger partial charge is 0.343 e. The number of thiazole rings is 1. The monoisotopic (exact) mass is 456 g/mol. The molecule has 0 amide bonds. The van der Waals surface area contributed by atoms with E-state index in [-0.39, 0.29) is 12.6 Å². The lowest BCUT2D eigenvalue weighted by Crippen LogP contribution is -2.52. The first-order chi connectivity index (χ1) is 12.5. The molecule has 2 heterocycles. The van der Waals surface area contributed by atoms with Gasteiger partial charge in [0.05, 0.1) is 16.8 Å². The summed E-state index contributed by atoms with van der Waals surface area (Å²) in [7, 11) is 0. The van der Waals surface area contributed by atoms with Crippen LogP contribution < -0.4 is 5.32 Å². The molecule has 1 aromatic heterocycles. The van der Waals surface area contributed by atoms with Crippen molar-refractivity contribution in [2.75, 3.05) is 6.61 Å². The summed E-state index contributed by atoms with van der Waals surface area (Å²) >= 11 is 4.82. The number of alkyl halides is 3. The van der Waals surface area contributed by atoms with Crippen molar-refractivity contribution in [1.82, 2.24) is 10.3 Å². The molecule has 136 valence electrons. The molecule has 2 atom stereocenters. The number of ether oxygens (including phenoxy) is 1. The summed E-state index contributed by atoms with van der Waals surface area (Å²) in [5, 5.41) is 1.11. The van der Waals surface area contributed by atoms with Crippen molar-refractivity contribution in [3.63, 3.8) is 0 Å². The molecule has 1 N–H and O–H groups in total. The molecule has 0 saturated carbocycles. The van der Waals surface area contributed by atoms with Crippen LogP contribution in [0.3, 0.4) is 0 Å². The van der Waals surface area contributed by atoms with E-state index in [1.807, 2.05) is 54.6 Å². The fourth-order valence-corrected chi connectivity index (χ4v) is 5.69. The molecule has 3 aromatic rings. The first-order valence-electron chi connectivity index (χ1n) is 8.02. The lowest BCUT2D eigenvalue weighted by molar-refractivity contribution is -0.0764. The summed E-state index contributed by atoms with van der Waals surface area (Å²) in [5.74, 6) is 0. The van der Waals surface area contributed by atoms with Gasteiger partial charge in [-0.05, 0) is 51.8 Å². The Balaban J connectivity index is 1.57. The SMILES string of the molecule is FC(F)(Br)C1(Sc2nc3ccccc3s2)N[C@@H](Cc2ccccc2)CO1. The fraction of sp³-hybridized carbons (Fsp3) is 0.278. The molecule has 3 nitrogen and oxygen atoms in total. The number of benzene rings is 2. The van der Waals surface area contributed by atoms with Gasteiger partial charge in [-0.15, -0.1) is 11.3 Å². The molecule has 0 spiro atoms. The van der Waals surface area contributed by atoms with E-state index in [1.54, 1.807) is 0 Å². The molecule has 1 aliphatic heterocycles. The van der Waals surface area contributed by atoms with E-state index in [4.69, 9.17) is 4.74 Å². The Bertz CT molecular complexity index is 870. The molecule has 0 radical (unpaired) electrons. The summed E-state index contributed by atoms with van der Waals surface area (Å²) in [5.41, 5.74) is 1.87. The normalized spacial score (nSPS) is 23.6. The molecule has 2 aromatic carbocycles. The van der Waals surface area contributed by atoms with Crippen molar-refractivity contribution in [1.29, 1.82) is 0 Å². The van der Waals surface area contributed by atoms with Crippen LogP contribution in [0.15, 0.2) is 58.9 Å². The highest BCUT2D eigenvalue weighted by molar-refractivity contribution is 9.10. The standard InChI is InChI=1S/C18H15BrF2N2OS2/c19-17(20,21)18(26-16-22-14-8-4-5-9-15(14)25-16)23-13(11-24-18)10-12-6-2-1-3-7-12/h1-9,13,23H,10-11H2/t13-,18?/m0/s1. The van der Waals surface area contributed by atoms with Crippen LogP contribution in [0.4, 0.5) is 8.78 Å². The van der Waals surface area contributed by atoms with E-state index in [9.17, 15) is 8.78 Å². The molecule has 0 bridgehead atoms. The summed E-state index contributed by atoms with van der Waals surface area (Å²) in [6, 6.07) is 17.2. The maximum absolute atomic E-state index is 14.4. The minimum Gasteiger partial charge on any atom is -0.343 e. The van der Waals surface area contributed by atoms with E-state index in [0.717, 1.165) is 27.5 Å². The van der Waals surface area contributed by atoms with Crippen LogP contribution in [0, 0.1) is 0 Å². The average Bonchev–Trinajstić information content (AvgIpc) is 3.20. The maximum atomic E-state index is 14.4. The Hall–Kier alpha value is -1.06. The molecular formula is C18H15BrF2N2OS2. The summed E-state index contributed by atoms with van der Waals surface area (Å²) in [4.78, 5) is 1.20. The third-order valence-electron chi connectivity index (χ3n) is 4.09. The summed E-state index contributed by atoms with van der Waals surface area (Å²) in [6.45, 7) is 0.202. The van der Waals surface area contributed by atoms with Gasteiger partial charge in [-0.3, -0.25) is 5.32 Å². The number of halogens is 3. The highest BCUT2D eigenvalue weighted by Gasteiger charge is 2.59. The van der Waals surface area contributed by atoms with Crippen molar-refractivity contribution in [3.05, 3.63) is 60.2 Å².